The van der Waals surface area contributed by atoms with E-state index in [1.54, 1.807) is 24.9 Å². The second-order valence-electron chi connectivity index (χ2n) is 6.95. The Kier molecular flexibility index (Phi) is 3.48. The van der Waals surface area contributed by atoms with Crippen LogP contribution in [0.25, 0.3) is 50.7 Å². The van der Waals surface area contributed by atoms with Crippen molar-refractivity contribution < 1.29 is 0 Å². The zero-order valence-electron chi connectivity index (χ0n) is 15.9. The fourth-order valence-corrected chi connectivity index (χ4v) is 3.52. The minimum absolute atomic E-state index is 0.641. The van der Waals surface area contributed by atoms with Gasteiger partial charge < -0.3 is 4.98 Å². The van der Waals surface area contributed by atoms with Crippen LogP contribution in [0.3, 0.4) is 0 Å². The fraction of sp³-hybridized carbons (Fsp3) is 0.0476. The normalized spacial score (nSPS) is 11.5. The number of nitrogens with one attached hydrogen (secondary N) is 2. The second kappa shape index (κ2) is 6.31. The van der Waals surface area contributed by atoms with E-state index in [1.165, 1.54) is 0 Å². The van der Waals surface area contributed by atoms with Crippen molar-refractivity contribution in [1.82, 2.24) is 44.7 Å². The number of fused-ring (bicyclic) bond motifs is 2. The molecule has 0 amide bonds. The highest BCUT2D eigenvalue weighted by Gasteiger charge is 2.17. The highest BCUT2D eigenvalue weighted by atomic mass is 15.2. The molecular formula is C21H15N9. The number of aromatic nitrogens is 9. The summed E-state index contributed by atoms with van der Waals surface area (Å²) in [7, 11) is 0. The molecule has 0 aliphatic carbocycles. The maximum absolute atomic E-state index is 4.80. The Balaban J connectivity index is 1.52. The van der Waals surface area contributed by atoms with Crippen molar-refractivity contribution in [3.05, 3.63) is 67.1 Å². The summed E-state index contributed by atoms with van der Waals surface area (Å²) in [6, 6.07) is 9.71. The van der Waals surface area contributed by atoms with Crippen LogP contribution in [0.2, 0.25) is 0 Å². The van der Waals surface area contributed by atoms with Crippen LogP contribution >= 0.6 is 0 Å². The molecule has 0 aliphatic heterocycles. The average molecular weight is 393 g/mol. The Morgan fingerprint density at radius 1 is 1.00 bits per heavy atom. The standard InChI is InChI=1S/C21H15N9/c1-12-10-30(11-25-12)21-18-16(5-7-23-21)26-20(27-18)17-14-8-13(9-24-19(14)29-28-17)15-4-2-3-6-22-15/h2-11H,1H3,(H,26,27)(H,24,28,29). The van der Waals surface area contributed by atoms with Gasteiger partial charge in [-0.25, -0.2) is 19.9 Å². The molecule has 0 fully saturated rings. The first-order chi connectivity index (χ1) is 14.8. The van der Waals surface area contributed by atoms with Crippen LogP contribution in [-0.2, 0) is 0 Å². The lowest BCUT2D eigenvalue weighted by atomic mass is 10.1. The zero-order valence-corrected chi connectivity index (χ0v) is 15.9. The molecule has 0 radical (unpaired) electrons. The van der Waals surface area contributed by atoms with Gasteiger partial charge in [0.15, 0.2) is 17.3 Å². The van der Waals surface area contributed by atoms with E-state index in [2.05, 4.69) is 35.1 Å². The molecule has 0 unspecified atom stereocenters. The molecule has 6 heterocycles. The van der Waals surface area contributed by atoms with Crippen molar-refractivity contribution in [2.75, 3.05) is 0 Å². The number of hydrogen-bond donors (Lipinski definition) is 2. The van der Waals surface area contributed by atoms with E-state index in [1.807, 2.05) is 48.0 Å². The van der Waals surface area contributed by atoms with E-state index in [9.17, 15) is 0 Å². The number of hydrogen-bond acceptors (Lipinski definition) is 6. The van der Waals surface area contributed by atoms with Gasteiger partial charge in [0.25, 0.3) is 0 Å². The molecule has 30 heavy (non-hydrogen) atoms. The fourth-order valence-electron chi connectivity index (χ4n) is 3.52. The summed E-state index contributed by atoms with van der Waals surface area (Å²) in [6.07, 6.45) is 8.95. The van der Waals surface area contributed by atoms with Gasteiger partial charge >= 0.3 is 0 Å². The lowest BCUT2D eigenvalue weighted by Gasteiger charge is -2.00. The minimum atomic E-state index is 0.641. The van der Waals surface area contributed by atoms with E-state index in [0.29, 0.717) is 23.0 Å². The monoisotopic (exact) mass is 393 g/mol. The van der Waals surface area contributed by atoms with Crippen LogP contribution in [0.15, 0.2) is 61.4 Å². The third-order valence-electron chi connectivity index (χ3n) is 4.94. The molecule has 144 valence electrons. The molecule has 0 atom stereocenters. The number of rotatable bonds is 3. The number of pyridine rings is 3. The molecule has 6 aromatic heterocycles. The molecule has 0 aromatic carbocycles. The summed E-state index contributed by atoms with van der Waals surface area (Å²) < 4.78 is 1.87. The van der Waals surface area contributed by atoms with Gasteiger partial charge in [0.05, 0.1) is 22.3 Å². The number of imidazole rings is 2. The number of aromatic amines is 2. The Bertz CT molecular complexity index is 1510. The van der Waals surface area contributed by atoms with Crippen LogP contribution < -0.4 is 0 Å². The van der Waals surface area contributed by atoms with Gasteiger partial charge in [-0.3, -0.25) is 14.6 Å². The van der Waals surface area contributed by atoms with Gasteiger partial charge in [-0.05, 0) is 31.2 Å². The van der Waals surface area contributed by atoms with Gasteiger partial charge in [-0.2, -0.15) is 5.10 Å². The molecule has 6 aromatic rings. The van der Waals surface area contributed by atoms with Gasteiger partial charge in [0.2, 0.25) is 0 Å². The molecule has 2 N–H and O–H groups in total. The lowest BCUT2D eigenvalue weighted by molar-refractivity contribution is 1.00. The maximum Gasteiger partial charge on any atom is 0.166 e. The number of aryl methyl sites for hydroxylation is 1. The summed E-state index contributed by atoms with van der Waals surface area (Å²) in [5.41, 5.74) is 5.67. The van der Waals surface area contributed by atoms with Crippen LogP contribution in [-0.4, -0.2) is 44.7 Å². The van der Waals surface area contributed by atoms with E-state index < -0.39 is 0 Å². The van der Waals surface area contributed by atoms with Crippen molar-refractivity contribution >= 4 is 22.1 Å². The first-order valence-electron chi connectivity index (χ1n) is 9.38. The molecule has 0 bridgehead atoms. The summed E-state index contributed by atoms with van der Waals surface area (Å²) in [5.74, 6) is 1.35. The lowest BCUT2D eigenvalue weighted by Crippen LogP contribution is -1.95. The Morgan fingerprint density at radius 3 is 2.80 bits per heavy atom. The van der Waals surface area contributed by atoms with E-state index in [0.717, 1.165) is 33.4 Å². The molecular weight excluding hydrogens is 378 g/mol. The van der Waals surface area contributed by atoms with Crippen LogP contribution in [0.5, 0.6) is 0 Å². The maximum atomic E-state index is 4.80. The topological polar surface area (TPSA) is 114 Å². The largest absolute Gasteiger partial charge is 0.336 e. The van der Waals surface area contributed by atoms with Gasteiger partial charge in [-0.15, -0.1) is 0 Å². The zero-order chi connectivity index (χ0) is 20.1. The molecule has 9 heteroatoms. The summed E-state index contributed by atoms with van der Waals surface area (Å²) in [5, 5.41) is 8.31. The SMILES string of the molecule is Cc1cn(-c2nccc3[nH]c(-c4n[nH]c5ncc(-c6ccccn6)cc45)nc23)cn1. The van der Waals surface area contributed by atoms with Crippen molar-refractivity contribution in [2.45, 2.75) is 6.92 Å². The van der Waals surface area contributed by atoms with E-state index in [4.69, 9.17) is 4.98 Å². The van der Waals surface area contributed by atoms with Crippen LogP contribution in [0.4, 0.5) is 0 Å². The molecule has 6 rings (SSSR count). The quantitative estimate of drug-likeness (QED) is 0.476. The van der Waals surface area contributed by atoms with Gasteiger partial charge in [-0.1, -0.05) is 6.07 Å². The predicted octanol–water partition coefficient (Wildman–Crippen LogP) is 3.45. The summed E-state index contributed by atoms with van der Waals surface area (Å²) >= 11 is 0. The van der Waals surface area contributed by atoms with Gasteiger partial charge in [0.1, 0.15) is 17.5 Å². The Labute approximate surface area is 169 Å². The predicted molar refractivity (Wildman–Crippen MR) is 112 cm³/mol. The van der Waals surface area contributed by atoms with Gasteiger partial charge in [0, 0.05) is 30.4 Å². The molecule has 9 nitrogen and oxygen atoms in total. The molecule has 0 saturated heterocycles. The van der Waals surface area contributed by atoms with Crippen LogP contribution in [0, 0.1) is 6.92 Å². The molecule has 0 aliphatic rings. The summed E-state index contributed by atoms with van der Waals surface area (Å²) in [6.45, 7) is 1.94. The minimum Gasteiger partial charge on any atom is -0.336 e. The van der Waals surface area contributed by atoms with E-state index >= 15 is 0 Å². The second-order valence-corrected chi connectivity index (χ2v) is 6.95. The number of H-pyrrole nitrogens is 2. The molecule has 0 saturated carbocycles. The third-order valence-corrected chi connectivity index (χ3v) is 4.94. The summed E-state index contributed by atoms with van der Waals surface area (Å²) in [4.78, 5) is 25.9. The Morgan fingerprint density at radius 2 is 1.97 bits per heavy atom. The van der Waals surface area contributed by atoms with Crippen molar-refractivity contribution in [3.8, 4) is 28.6 Å². The first kappa shape index (κ1) is 16.5. The smallest absolute Gasteiger partial charge is 0.166 e. The Hall–Kier alpha value is -4.40. The third kappa shape index (κ3) is 2.56. The van der Waals surface area contributed by atoms with Crippen molar-refractivity contribution in [3.63, 3.8) is 0 Å². The molecule has 0 spiro atoms. The van der Waals surface area contributed by atoms with Crippen molar-refractivity contribution in [2.24, 2.45) is 0 Å². The van der Waals surface area contributed by atoms with E-state index in [-0.39, 0.29) is 0 Å². The highest BCUT2D eigenvalue weighted by Crippen LogP contribution is 2.29. The number of nitrogens with zero attached hydrogens (tertiary/aromatic N) is 7. The van der Waals surface area contributed by atoms with Crippen molar-refractivity contribution in [1.29, 1.82) is 0 Å². The highest BCUT2D eigenvalue weighted by molar-refractivity contribution is 5.94. The first-order valence-corrected chi connectivity index (χ1v) is 9.38. The average Bonchev–Trinajstić information content (AvgIpc) is 3.51. The van der Waals surface area contributed by atoms with Crippen LogP contribution in [0.1, 0.15) is 5.69 Å².